The van der Waals surface area contributed by atoms with Crippen LogP contribution in [0.2, 0.25) is 0 Å². The van der Waals surface area contributed by atoms with Gasteiger partial charge in [0.15, 0.2) is 0 Å². The molecule has 108 valence electrons. The Bertz CT molecular complexity index is 468. The Labute approximate surface area is 124 Å². The van der Waals surface area contributed by atoms with Gasteiger partial charge in [-0.3, -0.25) is 4.79 Å². The molecule has 0 fully saturated rings. The number of phenolic OH excluding ortho intramolecular Hbond substituents is 1. The highest BCUT2D eigenvalue weighted by Gasteiger charge is 2.05. The minimum Gasteiger partial charge on any atom is -0.508 e. The Morgan fingerprint density at radius 2 is 2.05 bits per heavy atom. The maximum absolute atomic E-state index is 11.7. The van der Waals surface area contributed by atoms with E-state index >= 15 is 0 Å². The quantitative estimate of drug-likeness (QED) is 0.623. The van der Waals surface area contributed by atoms with Gasteiger partial charge in [0.2, 0.25) is 5.91 Å². The van der Waals surface area contributed by atoms with Crippen LogP contribution in [0.1, 0.15) is 32.1 Å². The van der Waals surface area contributed by atoms with Crippen molar-refractivity contribution in [1.29, 1.82) is 0 Å². The molecule has 1 aliphatic rings. The maximum Gasteiger partial charge on any atom is 0.230 e. The van der Waals surface area contributed by atoms with Crippen LogP contribution in [0, 0.1) is 0 Å². The molecule has 1 aromatic rings. The van der Waals surface area contributed by atoms with Crippen LogP contribution in [0.5, 0.6) is 5.75 Å². The molecular weight excluding hydrogens is 270 g/mol. The topological polar surface area (TPSA) is 49.3 Å². The number of phenols is 1. The van der Waals surface area contributed by atoms with Gasteiger partial charge in [-0.25, -0.2) is 0 Å². The molecule has 0 heterocycles. The normalized spacial score (nSPS) is 14.7. The summed E-state index contributed by atoms with van der Waals surface area (Å²) in [6.45, 7) is 0.737. The van der Waals surface area contributed by atoms with Gasteiger partial charge in [0.05, 0.1) is 5.75 Å². The van der Waals surface area contributed by atoms with E-state index < -0.39 is 0 Å². The molecule has 0 unspecified atom stereocenters. The molecule has 0 saturated carbocycles. The number of carbonyl (C=O) groups is 1. The van der Waals surface area contributed by atoms with Gasteiger partial charge in [-0.05, 0) is 56.4 Å². The van der Waals surface area contributed by atoms with Gasteiger partial charge < -0.3 is 10.4 Å². The lowest BCUT2D eigenvalue weighted by molar-refractivity contribution is -0.118. The SMILES string of the molecule is O=C(CSc1ccc(O)cc1)NCCC1=CCCCC1. The number of nitrogens with one attached hydrogen (secondary N) is 1. The van der Waals surface area contributed by atoms with Crippen molar-refractivity contribution in [3.05, 3.63) is 35.9 Å². The van der Waals surface area contributed by atoms with E-state index in [1.54, 1.807) is 12.1 Å². The molecule has 0 spiro atoms. The van der Waals surface area contributed by atoms with Crippen LogP contribution in [0.15, 0.2) is 40.8 Å². The largest absolute Gasteiger partial charge is 0.508 e. The van der Waals surface area contributed by atoms with Crippen LogP contribution in [0.3, 0.4) is 0 Å². The summed E-state index contributed by atoms with van der Waals surface area (Å²) >= 11 is 1.49. The highest BCUT2D eigenvalue weighted by molar-refractivity contribution is 8.00. The summed E-state index contributed by atoms with van der Waals surface area (Å²) < 4.78 is 0. The first-order chi connectivity index (χ1) is 9.74. The molecule has 0 aliphatic heterocycles. The number of benzene rings is 1. The van der Waals surface area contributed by atoms with E-state index in [2.05, 4.69) is 11.4 Å². The Balaban J connectivity index is 1.62. The maximum atomic E-state index is 11.7. The van der Waals surface area contributed by atoms with Gasteiger partial charge in [-0.15, -0.1) is 11.8 Å². The number of thioether (sulfide) groups is 1. The first-order valence-electron chi connectivity index (χ1n) is 7.10. The predicted molar refractivity (Wildman–Crippen MR) is 83.0 cm³/mol. The fourth-order valence-corrected chi connectivity index (χ4v) is 2.96. The van der Waals surface area contributed by atoms with Gasteiger partial charge in [0.25, 0.3) is 0 Å². The smallest absolute Gasteiger partial charge is 0.230 e. The summed E-state index contributed by atoms with van der Waals surface area (Å²) in [4.78, 5) is 12.7. The first kappa shape index (κ1) is 15.0. The lowest BCUT2D eigenvalue weighted by atomic mass is 9.97. The first-order valence-corrected chi connectivity index (χ1v) is 8.09. The molecule has 1 aliphatic carbocycles. The number of carbonyl (C=O) groups excluding carboxylic acids is 1. The van der Waals surface area contributed by atoms with Gasteiger partial charge in [-0.1, -0.05) is 11.6 Å². The van der Waals surface area contributed by atoms with Gasteiger partial charge in [-0.2, -0.15) is 0 Å². The zero-order valence-electron chi connectivity index (χ0n) is 11.6. The van der Waals surface area contributed by atoms with Gasteiger partial charge in [0.1, 0.15) is 5.75 Å². The van der Waals surface area contributed by atoms with Crippen molar-refractivity contribution in [3.8, 4) is 5.75 Å². The van der Waals surface area contributed by atoms with E-state index in [-0.39, 0.29) is 11.7 Å². The monoisotopic (exact) mass is 291 g/mol. The number of hydrogen-bond donors (Lipinski definition) is 2. The van der Waals surface area contributed by atoms with Crippen LogP contribution < -0.4 is 5.32 Å². The third kappa shape index (κ3) is 5.29. The van der Waals surface area contributed by atoms with E-state index in [0.29, 0.717) is 5.75 Å². The second kappa shape index (κ2) is 8.00. The molecule has 0 saturated heterocycles. The highest BCUT2D eigenvalue weighted by Crippen LogP contribution is 2.21. The molecule has 0 bridgehead atoms. The predicted octanol–water partition coefficient (Wildman–Crippen LogP) is 3.49. The van der Waals surface area contributed by atoms with Crippen LogP contribution in [-0.2, 0) is 4.79 Å². The number of hydrogen-bond acceptors (Lipinski definition) is 3. The van der Waals surface area contributed by atoms with E-state index in [0.717, 1.165) is 17.9 Å². The lowest BCUT2D eigenvalue weighted by Gasteiger charge is -2.12. The molecular formula is C16H21NO2S. The van der Waals surface area contributed by atoms with E-state index in [1.807, 2.05) is 12.1 Å². The Morgan fingerprint density at radius 3 is 2.75 bits per heavy atom. The second-order valence-corrected chi connectivity index (χ2v) is 6.04. The number of rotatable bonds is 6. The summed E-state index contributed by atoms with van der Waals surface area (Å²) in [6, 6.07) is 6.91. The summed E-state index contributed by atoms with van der Waals surface area (Å²) in [5.74, 6) is 0.739. The Hall–Kier alpha value is -1.42. The fourth-order valence-electron chi connectivity index (χ4n) is 2.24. The Kier molecular flexibility index (Phi) is 5.99. The van der Waals surface area contributed by atoms with Crippen molar-refractivity contribution in [3.63, 3.8) is 0 Å². The van der Waals surface area contributed by atoms with Crippen molar-refractivity contribution >= 4 is 17.7 Å². The van der Waals surface area contributed by atoms with E-state index in [4.69, 9.17) is 0 Å². The molecule has 0 aromatic heterocycles. The van der Waals surface area contributed by atoms with E-state index in [9.17, 15) is 9.90 Å². The molecule has 1 aromatic carbocycles. The lowest BCUT2D eigenvalue weighted by Crippen LogP contribution is -2.26. The van der Waals surface area contributed by atoms with Crippen LogP contribution >= 0.6 is 11.8 Å². The summed E-state index contributed by atoms with van der Waals surface area (Å²) in [6.07, 6.45) is 8.28. The van der Waals surface area contributed by atoms with Crippen molar-refractivity contribution in [2.45, 2.75) is 37.0 Å². The van der Waals surface area contributed by atoms with Crippen molar-refractivity contribution < 1.29 is 9.90 Å². The summed E-state index contributed by atoms with van der Waals surface area (Å²) in [5, 5.41) is 12.1. The zero-order valence-corrected chi connectivity index (χ0v) is 12.4. The van der Waals surface area contributed by atoms with Crippen molar-refractivity contribution in [2.24, 2.45) is 0 Å². The summed E-state index contributed by atoms with van der Waals surface area (Å²) in [7, 11) is 0. The third-order valence-corrected chi connectivity index (χ3v) is 4.37. The third-order valence-electron chi connectivity index (χ3n) is 3.36. The minimum atomic E-state index is 0.0690. The molecule has 4 heteroatoms. The van der Waals surface area contributed by atoms with Gasteiger partial charge >= 0.3 is 0 Å². The average Bonchev–Trinajstić information content (AvgIpc) is 2.48. The van der Waals surface area contributed by atoms with Crippen molar-refractivity contribution in [1.82, 2.24) is 5.32 Å². The molecule has 2 rings (SSSR count). The van der Waals surface area contributed by atoms with Crippen LogP contribution in [0.4, 0.5) is 0 Å². The molecule has 3 nitrogen and oxygen atoms in total. The summed E-state index contributed by atoms with van der Waals surface area (Å²) in [5.41, 5.74) is 1.49. The molecule has 2 N–H and O–H groups in total. The molecule has 20 heavy (non-hydrogen) atoms. The number of aromatic hydroxyl groups is 1. The van der Waals surface area contributed by atoms with Crippen LogP contribution in [0.25, 0.3) is 0 Å². The molecule has 1 amide bonds. The average molecular weight is 291 g/mol. The second-order valence-electron chi connectivity index (χ2n) is 4.99. The van der Waals surface area contributed by atoms with Gasteiger partial charge in [0, 0.05) is 11.4 Å². The minimum absolute atomic E-state index is 0.0690. The van der Waals surface area contributed by atoms with Crippen molar-refractivity contribution in [2.75, 3.05) is 12.3 Å². The van der Waals surface area contributed by atoms with Crippen LogP contribution in [-0.4, -0.2) is 23.3 Å². The number of allylic oxidation sites excluding steroid dienone is 1. The Morgan fingerprint density at radius 1 is 1.25 bits per heavy atom. The standard InChI is InChI=1S/C16H21NO2S/c18-14-6-8-15(9-7-14)20-12-16(19)17-11-10-13-4-2-1-3-5-13/h4,6-9,18H,1-3,5,10-12H2,(H,17,19). The molecule has 0 radical (unpaired) electrons. The molecule has 0 atom stereocenters. The van der Waals surface area contributed by atoms with E-state index in [1.165, 1.54) is 43.0 Å². The zero-order chi connectivity index (χ0) is 14.2. The fraction of sp³-hybridized carbons (Fsp3) is 0.438. The highest BCUT2D eigenvalue weighted by atomic mass is 32.2. The number of amides is 1.